The van der Waals surface area contributed by atoms with Crippen LogP contribution in [0.4, 0.5) is 4.39 Å². The minimum Gasteiger partial charge on any atom is -0.387 e. The molecule has 0 fully saturated rings. The van der Waals surface area contributed by atoms with E-state index in [0.717, 1.165) is 6.07 Å². The van der Waals surface area contributed by atoms with E-state index in [1.165, 1.54) is 6.07 Å². The Morgan fingerprint density at radius 3 is 2.57 bits per heavy atom. The minimum absolute atomic E-state index is 0.0377. The predicted molar refractivity (Wildman–Crippen MR) is 79.9 cm³/mol. The van der Waals surface area contributed by atoms with Gasteiger partial charge in [-0.1, -0.05) is 23.7 Å². The number of amides is 1. The number of aryl methyl sites for hydroxylation is 1. The summed E-state index contributed by atoms with van der Waals surface area (Å²) < 4.78 is 13.2. The van der Waals surface area contributed by atoms with Gasteiger partial charge in [-0.15, -0.1) is 0 Å². The van der Waals surface area contributed by atoms with Crippen molar-refractivity contribution in [1.29, 1.82) is 0 Å². The molecule has 1 amide bonds. The summed E-state index contributed by atoms with van der Waals surface area (Å²) in [7, 11) is 0. The summed E-state index contributed by atoms with van der Waals surface area (Å²) in [5, 5.41) is 13.1. The summed E-state index contributed by atoms with van der Waals surface area (Å²) in [6.07, 6.45) is -0.846. The van der Waals surface area contributed by atoms with E-state index in [1.807, 2.05) is 0 Å². The molecule has 21 heavy (non-hydrogen) atoms. The van der Waals surface area contributed by atoms with Crippen molar-refractivity contribution in [3.8, 4) is 0 Å². The summed E-state index contributed by atoms with van der Waals surface area (Å²) in [6.45, 7) is 1.75. The summed E-state index contributed by atoms with van der Waals surface area (Å²) >= 11 is 5.77. The fourth-order valence-electron chi connectivity index (χ4n) is 1.96. The second kappa shape index (κ2) is 6.70. The molecule has 0 spiro atoms. The van der Waals surface area contributed by atoms with Crippen LogP contribution in [0.5, 0.6) is 0 Å². The minimum atomic E-state index is -0.846. The van der Waals surface area contributed by atoms with Crippen molar-refractivity contribution < 1.29 is 14.3 Å². The quantitative estimate of drug-likeness (QED) is 0.911. The molecule has 2 N–H and O–H groups in total. The average molecular weight is 308 g/mol. The van der Waals surface area contributed by atoms with E-state index in [4.69, 9.17) is 11.6 Å². The molecule has 1 unspecified atom stereocenters. The molecule has 0 aliphatic carbocycles. The Balaban J connectivity index is 1.98. The lowest BCUT2D eigenvalue weighted by atomic mass is 10.1. The van der Waals surface area contributed by atoms with Crippen LogP contribution in [0, 0.1) is 12.7 Å². The Labute approximate surface area is 127 Å². The van der Waals surface area contributed by atoms with Crippen LogP contribution < -0.4 is 5.32 Å². The Bertz CT molecular complexity index is 623. The lowest BCUT2D eigenvalue weighted by Crippen LogP contribution is -2.28. The van der Waals surface area contributed by atoms with E-state index in [9.17, 15) is 14.3 Å². The number of nitrogens with one attached hydrogen (secondary N) is 1. The van der Waals surface area contributed by atoms with Crippen LogP contribution in [0.2, 0.25) is 5.02 Å². The fourth-order valence-corrected chi connectivity index (χ4v) is 2.09. The van der Waals surface area contributed by atoms with E-state index < -0.39 is 17.8 Å². The Hall–Kier alpha value is -1.91. The molecule has 0 aromatic heterocycles. The molecule has 0 bridgehead atoms. The molecular weight excluding hydrogens is 293 g/mol. The first-order valence-electron chi connectivity index (χ1n) is 6.44. The van der Waals surface area contributed by atoms with Crippen molar-refractivity contribution in [3.63, 3.8) is 0 Å². The fraction of sp³-hybridized carbons (Fsp3) is 0.188. The summed E-state index contributed by atoms with van der Waals surface area (Å²) in [5.74, 6) is -0.885. The molecule has 3 nitrogen and oxygen atoms in total. The van der Waals surface area contributed by atoms with Gasteiger partial charge in [-0.2, -0.15) is 0 Å². The zero-order valence-electron chi connectivity index (χ0n) is 11.4. The Kier molecular flexibility index (Phi) is 4.94. The number of carbonyl (C=O) groups excluding carboxylic acids is 1. The van der Waals surface area contributed by atoms with Crippen molar-refractivity contribution >= 4 is 17.5 Å². The molecule has 0 heterocycles. The SMILES string of the molecule is Cc1cc(F)cc(C(=O)NCC(O)c2ccc(Cl)cc2)c1. The van der Waals surface area contributed by atoms with E-state index in [0.29, 0.717) is 16.1 Å². The van der Waals surface area contributed by atoms with Gasteiger partial charge in [-0.05, 0) is 48.4 Å². The van der Waals surface area contributed by atoms with Crippen molar-refractivity contribution in [2.45, 2.75) is 13.0 Å². The number of hydrogen-bond donors (Lipinski definition) is 2. The maximum absolute atomic E-state index is 13.2. The van der Waals surface area contributed by atoms with Crippen molar-refractivity contribution in [2.75, 3.05) is 6.54 Å². The predicted octanol–water partition coefficient (Wildman–Crippen LogP) is 3.25. The van der Waals surface area contributed by atoms with Crippen molar-refractivity contribution in [1.82, 2.24) is 5.32 Å². The molecule has 110 valence electrons. The van der Waals surface area contributed by atoms with Gasteiger partial charge in [-0.3, -0.25) is 4.79 Å². The maximum Gasteiger partial charge on any atom is 0.251 e. The van der Waals surface area contributed by atoms with Crippen LogP contribution in [-0.2, 0) is 0 Å². The number of rotatable bonds is 4. The summed E-state index contributed by atoms with van der Waals surface area (Å²) in [6, 6.07) is 10.8. The molecule has 0 aliphatic rings. The zero-order chi connectivity index (χ0) is 15.4. The van der Waals surface area contributed by atoms with Crippen LogP contribution in [0.25, 0.3) is 0 Å². The van der Waals surface area contributed by atoms with Crippen LogP contribution >= 0.6 is 11.6 Å². The van der Waals surface area contributed by atoms with Gasteiger partial charge in [0.2, 0.25) is 0 Å². The first-order valence-corrected chi connectivity index (χ1v) is 6.82. The largest absolute Gasteiger partial charge is 0.387 e. The van der Waals surface area contributed by atoms with Gasteiger partial charge in [0.1, 0.15) is 5.82 Å². The van der Waals surface area contributed by atoms with E-state index in [2.05, 4.69) is 5.32 Å². The number of benzene rings is 2. The topological polar surface area (TPSA) is 49.3 Å². The van der Waals surface area contributed by atoms with Crippen LogP contribution in [0.3, 0.4) is 0 Å². The highest BCUT2D eigenvalue weighted by atomic mass is 35.5. The van der Waals surface area contributed by atoms with Gasteiger partial charge in [0.15, 0.2) is 0 Å². The van der Waals surface area contributed by atoms with Crippen LogP contribution in [0.1, 0.15) is 27.6 Å². The molecule has 2 aromatic rings. The van der Waals surface area contributed by atoms with Gasteiger partial charge >= 0.3 is 0 Å². The number of carbonyl (C=O) groups is 1. The Morgan fingerprint density at radius 1 is 1.29 bits per heavy atom. The molecule has 0 radical (unpaired) electrons. The molecule has 0 saturated carbocycles. The second-order valence-electron chi connectivity index (χ2n) is 4.79. The first-order chi connectivity index (χ1) is 9.95. The molecule has 1 atom stereocenters. The Morgan fingerprint density at radius 2 is 1.95 bits per heavy atom. The lowest BCUT2D eigenvalue weighted by molar-refractivity contribution is 0.0916. The van der Waals surface area contributed by atoms with Gasteiger partial charge in [-0.25, -0.2) is 4.39 Å². The number of aliphatic hydroxyl groups excluding tert-OH is 1. The molecule has 5 heteroatoms. The van der Waals surface area contributed by atoms with Gasteiger partial charge in [0, 0.05) is 17.1 Å². The van der Waals surface area contributed by atoms with Crippen LogP contribution in [-0.4, -0.2) is 17.6 Å². The molecule has 0 saturated heterocycles. The highest BCUT2D eigenvalue weighted by molar-refractivity contribution is 6.30. The second-order valence-corrected chi connectivity index (χ2v) is 5.23. The maximum atomic E-state index is 13.2. The summed E-state index contributed by atoms with van der Waals surface area (Å²) in [5.41, 5.74) is 1.55. The third-order valence-electron chi connectivity index (χ3n) is 3.02. The number of aliphatic hydroxyl groups is 1. The normalized spacial score (nSPS) is 12.0. The molecule has 2 rings (SSSR count). The third kappa shape index (κ3) is 4.28. The number of hydrogen-bond acceptors (Lipinski definition) is 2. The average Bonchev–Trinajstić information content (AvgIpc) is 2.44. The highest BCUT2D eigenvalue weighted by Crippen LogP contribution is 2.16. The number of halogens is 2. The third-order valence-corrected chi connectivity index (χ3v) is 3.27. The van der Waals surface area contributed by atoms with Gasteiger partial charge in [0.25, 0.3) is 5.91 Å². The van der Waals surface area contributed by atoms with Crippen molar-refractivity contribution in [3.05, 3.63) is 70.0 Å². The van der Waals surface area contributed by atoms with Crippen molar-refractivity contribution in [2.24, 2.45) is 0 Å². The van der Waals surface area contributed by atoms with Gasteiger partial charge in [0.05, 0.1) is 6.10 Å². The lowest BCUT2D eigenvalue weighted by Gasteiger charge is -2.12. The molecular formula is C16H15ClFNO2. The summed E-state index contributed by atoms with van der Waals surface area (Å²) in [4.78, 5) is 11.9. The monoisotopic (exact) mass is 307 g/mol. The smallest absolute Gasteiger partial charge is 0.251 e. The molecule has 2 aromatic carbocycles. The van der Waals surface area contributed by atoms with E-state index in [1.54, 1.807) is 37.3 Å². The van der Waals surface area contributed by atoms with Gasteiger partial charge < -0.3 is 10.4 Å². The zero-order valence-corrected chi connectivity index (χ0v) is 12.2. The van der Waals surface area contributed by atoms with Crippen LogP contribution in [0.15, 0.2) is 42.5 Å². The standard InChI is InChI=1S/C16H15ClFNO2/c1-10-6-12(8-14(18)7-10)16(21)19-9-15(20)11-2-4-13(17)5-3-11/h2-8,15,20H,9H2,1H3,(H,19,21). The highest BCUT2D eigenvalue weighted by Gasteiger charge is 2.12. The van der Waals surface area contributed by atoms with E-state index in [-0.39, 0.29) is 12.1 Å². The molecule has 0 aliphatic heterocycles. The first kappa shape index (κ1) is 15.5. The van der Waals surface area contributed by atoms with E-state index >= 15 is 0 Å².